The molecule has 2 N–H and O–H groups in total. The summed E-state index contributed by atoms with van der Waals surface area (Å²) in [7, 11) is 4.00. The summed E-state index contributed by atoms with van der Waals surface area (Å²) in [4.78, 5) is 6.31. The third-order valence-corrected chi connectivity index (χ3v) is 2.20. The van der Waals surface area contributed by atoms with E-state index in [9.17, 15) is 0 Å². The minimum absolute atomic E-state index is 0.562. The molecule has 0 unspecified atom stereocenters. The van der Waals surface area contributed by atoms with Crippen molar-refractivity contribution in [1.82, 2.24) is 4.98 Å². The summed E-state index contributed by atoms with van der Waals surface area (Å²) in [5.74, 6) is 0.562. The van der Waals surface area contributed by atoms with Crippen molar-refractivity contribution in [2.24, 2.45) is 0 Å². The molecule has 14 heavy (non-hydrogen) atoms. The van der Waals surface area contributed by atoms with Gasteiger partial charge in [-0.15, -0.1) is 0 Å². The van der Waals surface area contributed by atoms with Gasteiger partial charge in [0.05, 0.1) is 5.52 Å². The normalized spacial score (nSPS) is 10.4. The maximum atomic E-state index is 5.72. The quantitative estimate of drug-likeness (QED) is 0.741. The molecule has 2 aromatic rings. The highest BCUT2D eigenvalue weighted by molar-refractivity contribution is 5.93. The molecule has 2 rings (SSSR count). The summed E-state index contributed by atoms with van der Waals surface area (Å²) in [6.45, 7) is 0. The minimum atomic E-state index is 0.562. The first-order chi connectivity index (χ1) is 6.68. The van der Waals surface area contributed by atoms with Gasteiger partial charge in [-0.05, 0) is 6.07 Å². The van der Waals surface area contributed by atoms with E-state index in [1.165, 1.54) is 0 Å². The van der Waals surface area contributed by atoms with Crippen molar-refractivity contribution >= 4 is 22.4 Å². The summed E-state index contributed by atoms with van der Waals surface area (Å²) in [6.07, 6.45) is 0. The molecule has 72 valence electrons. The second-order valence-corrected chi connectivity index (χ2v) is 3.48. The van der Waals surface area contributed by atoms with E-state index >= 15 is 0 Å². The first-order valence-electron chi connectivity index (χ1n) is 4.51. The van der Waals surface area contributed by atoms with Crippen molar-refractivity contribution in [1.29, 1.82) is 0 Å². The van der Waals surface area contributed by atoms with Crippen molar-refractivity contribution in [3.63, 3.8) is 0 Å². The first kappa shape index (κ1) is 8.81. The number of fused-ring (bicyclic) bond motifs is 1. The Morgan fingerprint density at radius 3 is 2.64 bits per heavy atom. The summed E-state index contributed by atoms with van der Waals surface area (Å²) < 4.78 is 0. The molecule has 0 aliphatic heterocycles. The lowest BCUT2D eigenvalue weighted by atomic mass is 10.2. The summed E-state index contributed by atoms with van der Waals surface area (Å²) in [6, 6.07) is 9.89. The van der Waals surface area contributed by atoms with E-state index in [0.717, 1.165) is 16.6 Å². The summed E-state index contributed by atoms with van der Waals surface area (Å²) >= 11 is 0. The molecule has 0 aliphatic carbocycles. The molecule has 1 aromatic carbocycles. The fraction of sp³-hybridized carbons (Fsp3) is 0.182. The Morgan fingerprint density at radius 2 is 1.93 bits per heavy atom. The Hall–Kier alpha value is -1.77. The van der Waals surface area contributed by atoms with Crippen LogP contribution < -0.4 is 10.6 Å². The number of nitrogens with zero attached hydrogens (tertiary/aromatic N) is 2. The van der Waals surface area contributed by atoms with Gasteiger partial charge in [0.25, 0.3) is 0 Å². The molecule has 0 saturated carbocycles. The molecule has 3 nitrogen and oxygen atoms in total. The van der Waals surface area contributed by atoms with Crippen LogP contribution in [0.3, 0.4) is 0 Å². The SMILES string of the molecule is CN(C)c1cc(N)nc2ccccc12. The predicted octanol–water partition coefficient (Wildman–Crippen LogP) is 1.88. The number of hydrogen-bond acceptors (Lipinski definition) is 3. The molecule has 1 heterocycles. The molecule has 0 saturated heterocycles. The van der Waals surface area contributed by atoms with Crippen molar-refractivity contribution in [2.75, 3.05) is 24.7 Å². The monoisotopic (exact) mass is 187 g/mol. The minimum Gasteiger partial charge on any atom is -0.384 e. The van der Waals surface area contributed by atoms with Gasteiger partial charge in [-0.25, -0.2) is 4.98 Å². The van der Waals surface area contributed by atoms with Gasteiger partial charge in [0.15, 0.2) is 0 Å². The third-order valence-electron chi connectivity index (χ3n) is 2.20. The molecule has 0 atom stereocenters. The van der Waals surface area contributed by atoms with Gasteiger partial charge in [-0.1, -0.05) is 18.2 Å². The largest absolute Gasteiger partial charge is 0.384 e. The lowest BCUT2D eigenvalue weighted by Gasteiger charge is -2.15. The van der Waals surface area contributed by atoms with E-state index in [1.54, 1.807) is 0 Å². The summed E-state index contributed by atoms with van der Waals surface area (Å²) in [5.41, 5.74) is 7.77. The van der Waals surface area contributed by atoms with Gasteiger partial charge >= 0.3 is 0 Å². The highest BCUT2D eigenvalue weighted by Gasteiger charge is 2.04. The van der Waals surface area contributed by atoms with Crippen LogP contribution in [-0.4, -0.2) is 19.1 Å². The zero-order valence-electron chi connectivity index (χ0n) is 8.36. The highest BCUT2D eigenvalue weighted by Crippen LogP contribution is 2.25. The van der Waals surface area contributed by atoms with Crippen LogP contribution in [0.2, 0.25) is 0 Å². The summed E-state index contributed by atoms with van der Waals surface area (Å²) in [5, 5.41) is 1.13. The second kappa shape index (κ2) is 3.18. The van der Waals surface area contributed by atoms with E-state index in [2.05, 4.69) is 11.1 Å². The Bertz CT molecular complexity index is 463. The zero-order valence-corrected chi connectivity index (χ0v) is 8.36. The average Bonchev–Trinajstić information content (AvgIpc) is 2.16. The van der Waals surface area contributed by atoms with Crippen LogP contribution in [0, 0.1) is 0 Å². The van der Waals surface area contributed by atoms with Crippen LogP contribution in [0.1, 0.15) is 0 Å². The molecular weight excluding hydrogens is 174 g/mol. The molecule has 0 amide bonds. The van der Waals surface area contributed by atoms with Crippen LogP contribution in [0.25, 0.3) is 10.9 Å². The van der Waals surface area contributed by atoms with Crippen LogP contribution in [-0.2, 0) is 0 Å². The average molecular weight is 187 g/mol. The standard InChI is InChI=1S/C11H13N3/c1-14(2)10-7-11(12)13-9-6-4-3-5-8(9)10/h3-7H,1-2H3,(H2,12,13). The Labute approximate surface area is 83.2 Å². The van der Waals surface area contributed by atoms with E-state index in [4.69, 9.17) is 5.73 Å². The molecule has 3 heteroatoms. The number of aromatic nitrogens is 1. The molecule has 0 aliphatic rings. The number of rotatable bonds is 1. The number of para-hydroxylation sites is 1. The number of nitrogens with two attached hydrogens (primary N) is 1. The van der Waals surface area contributed by atoms with Crippen molar-refractivity contribution < 1.29 is 0 Å². The Morgan fingerprint density at radius 1 is 1.21 bits per heavy atom. The lowest BCUT2D eigenvalue weighted by Crippen LogP contribution is -2.10. The van der Waals surface area contributed by atoms with Gasteiger partial charge in [-0.2, -0.15) is 0 Å². The van der Waals surface area contributed by atoms with Gasteiger partial charge in [0.2, 0.25) is 0 Å². The number of anilines is 2. The number of pyridine rings is 1. The van der Waals surface area contributed by atoms with Crippen LogP contribution in [0.5, 0.6) is 0 Å². The van der Waals surface area contributed by atoms with Crippen molar-refractivity contribution in [3.8, 4) is 0 Å². The lowest BCUT2D eigenvalue weighted by molar-refractivity contribution is 1.14. The molecule has 0 spiro atoms. The number of hydrogen-bond donors (Lipinski definition) is 1. The van der Waals surface area contributed by atoms with Gasteiger partial charge in [0.1, 0.15) is 5.82 Å². The van der Waals surface area contributed by atoms with Crippen LogP contribution in [0.4, 0.5) is 11.5 Å². The van der Waals surface area contributed by atoms with Gasteiger partial charge in [-0.3, -0.25) is 0 Å². The fourth-order valence-electron chi connectivity index (χ4n) is 1.55. The maximum absolute atomic E-state index is 5.72. The Kier molecular flexibility index (Phi) is 2.00. The van der Waals surface area contributed by atoms with E-state index in [1.807, 2.05) is 43.3 Å². The number of benzene rings is 1. The third kappa shape index (κ3) is 1.37. The molecular formula is C11H13N3. The molecule has 1 aromatic heterocycles. The zero-order chi connectivity index (χ0) is 10.1. The smallest absolute Gasteiger partial charge is 0.126 e. The fourth-order valence-corrected chi connectivity index (χ4v) is 1.55. The molecule has 0 bridgehead atoms. The topological polar surface area (TPSA) is 42.1 Å². The van der Waals surface area contributed by atoms with E-state index < -0.39 is 0 Å². The highest BCUT2D eigenvalue weighted by atomic mass is 15.1. The molecule has 0 radical (unpaired) electrons. The first-order valence-corrected chi connectivity index (χ1v) is 4.51. The van der Waals surface area contributed by atoms with Crippen molar-refractivity contribution in [3.05, 3.63) is 30.3 Å². The van der Waals surface area contributed by atoms with Crippen LogP contribution >= 0.6 is 0 Å². The van der Waals surface area contributed by atoms with E-state index in [0.29, 0.717) is 5.82 Å². The second-order valence-electron chi connectivity index (χ2n) is 3.48. The molecule has 0 fully saturated rings. The van der Waals surface area contributed by atoms with Crippen LogP contribution in [0.15, 0.2) is 30.3 Å². The predicted molar refractivity (Wildman–Crippen MR) is 60.5 cm³/mol. The maximum Gasteiger partial charge on any atom is 0.126 e. The van der Waals surface area contributed by atoms with Gasteiger partial charge in [0, 0.05) is 31.2 Å². The number of nitrogen functional groups attached to an aromatic ring is 1. The Balaban J connectivity index is 2.80. The van der Waals surface area contributed by atoms with Crippen molar-refractivity contribution in [2.45, 2.75) is 0 Å². The van der Waals surface area contributed by atoms with Gasteiger partial charge < -0.3 is 10.6 Å². The van der Waals surface area contributed by atoms with E-state index in [-0.39, 0.29) is 0 Å².